The summed E-state index contributed by atoms with van der Waals surface area (Å²) < 4.78 is 0. The number of aromatic nitrogens is 2. The predicted octanol–water partition coefficient (Wildman–Crippen LogP) is 1.90. The molecule has 0 aliphatic carbocycles. The van der Waals surface area contributed by atoms with Crippen LogP contribution in [-0.4, -0.2) is 17.0 Å². The Kier molecular flexibility index (Phi) is 2.25. The van der Waals surface area contributed by atoms with Gasteiger partial charge in [0, 0.05) is 0 Å². The molecule has 3 nitrogen and oxygen atoms in total. The van der Waals surface area contributed by atoms with Gasteiger partial charge in [0.25, 0.3) is 0 Å². The monoisotopic (exact) mass is 189 g/mol. The van der Waals surface area contributed by atoms with E-state index in [1.54, 1.807) is 0 Å². The highest BCUT2D eigenvalue weighted by atomic mass is 15.0. The molecule has 0 aliphatic rings. The largest absolute Gasteiger partial charge is 0.341 e. The molecule has 0 saturated carbocycles. The summed E-state index contributed by atoms with van der Waals surface area (Å²) in [5.74, 6) is 0.996. The van der Waals surface area contributed by atoms with Crippen LogP contribution < -0.4 is 5.32 Å². The molecule has 0 bridgehead atoms. The van der Waals surface area contributed by atoms with Crippen molar-refractivity contribution in [2.24, 2.45) is 0 Å². The van der Waals surface area contributed by atoms with Gasteiger partial charge in [-0.15, -0.1) is 0 Å². The Labute approximate surface area is 83.6 Å². The fourth-order valence-corrected chi connectivity index (χ4v) is 1.77. The van der Waals surface area contributed by atoms with E-state index >= 15 is 0 Å². The molecule has 0 spiro atoms. The number of aromatic amines is 1. The van der Waals surface area contributed by atoms with Gasteiger partial charge in [0.15, 0.2) is 0 Å². The van der Waals surface area contributed by atoms with E-state index < -0.39 is 0 Å². The van der Waals surface area contributed by atoms with E-state index in [9.17, 15) is 0 Å². The minimum absolute atomic E-state index is 0.785. The standard InChI is InChI=1S/C11H15N3/c1-7-4-8(2)11-9(5-7)13-10(14-11)6-12-3/h4-5,12H,6H2,1-3H3,(H,13,14). The zero-order chi connectivity index (χ0) is 10.1. The molecule has 1 aromatic carbocycles. The molecule has 0 aliphatic heterocycles. The van der Waals surface area contributed by atoms with Crippen LogP contribution >= 0.6 is 0 Å². The average Bonchev–Trinajstić information content (AvgIpc) is 2.48. The van der Waals surface area contributed by atoms with Crippen molar-refractivity contribution < 1.29 is 0 Å². The molecule has 74 valence electrons. The van der Waals surface area contributed by atoms with Crippen LogP contribution in [0.3, 0.4) is 0 Å². The maximum atomic E-state index is 4.53. The molecule has 0 saturated heterocycles. The summed E-state index contributed by atoms with van der Waals surface area (Å²) in [4.78, 5) is 7.83. The van der Waals surface area contributed by atoms with Crippen molar-refractivity contribution in [3.63, 3.8) is 0 Å². The Hall–Kier alpha value is -1.35. The molecule has 1 aromatic heterocycles. The fraction of sp³-hybridized carbons (Fsp3) is 0.364. The van der Waals surface area contributed by atoms with Crippen molar-refractivity contribution in [2.75, 3.05) is 7.05 Å². The number of fused-ring (bicyclic) bond motifs is 1. The van der Waals surface area contributed by atoms with Crippen LogP contribution in [0.1, 0.15) is 17.0 Å². The minimum Gasteiger partial charge on any atom is -0.341 e. The lowest BCUT2D eigenvalue weighted by Crippen LogP contribution is -2.06. The van der Waals surface area contributed by atoms with Gasteiger partial charge in [0.05, 0.1) is 17.6 Å². The summed E-state index contributed by atoms with van der Waals surface area (Å²) in [5, 5.41) is 3.09. The predicted molar refractivity (Wildman–Crippen MR) is 58.3 cm³/mol. The lowest BCUT2D eigenvalue weighted by molar-refractivity contribution is 0.775. The zero-order valence-corrected chi connectivity index (χ0v) is 8.81. The first kappa shape index (κ1) is 9.21. The summed E-state index contributed by atoms with van der Waals surface area (Å²) >= 11 is 0. The molecule has 0 unspecified atom stereocenters. The highest BCUT2D eigenvalue weighted by Crippen LogP contribution is 2.17. The van der Waals surface area contributed by atoms with Crippen molar-refractivity contribution in [1.82, 2.24) is 15.3 Å². The van der Waals surface area contributed by atoms with Gasteiger partial charge in [-0.3, -0.25) is 0 Å². The first-order chi connectivity index (χ1) is 6.70. The van der Waals surface area contributed by atoms with Crippen LogP contribution in [0, 0.1) is 13.8 Å². The molecule has 2 N–H and O–H groups in total. The molecule has 0 radical (unpaired) electrons. The van der Waals surface area contributed by atoms with E-state index in [0.717, 1.165) is 23.4 Å². The fourth-order valence-electron chi connectivity index (χ4n) is 1.77. The third kappa shape index (κ3) is 1.51. The number of benzene rings is 1. The third-order valence-corrected chi connectivity index (χ3v) is 2.31. The molecule has 2 aromatic rings. The quantitative estimate of drug-likeness (QED) is 0.757. The minimum atomic E-state index is 0.785. The average molecular weight is 189 g/mol. The van der Waals surface area contributed by atoms with E-state index in [2.05, 4.69) is 41.3 Å². The van der Waals surface area contributed by atoms with Crippen molar-refractivity contribution in [1.29, 1.82) is 0 Å². The van der Waals surface area contributed by atoms with Gasteiger partial charge in [-0.05, 0) is 38.1 Å². The van der Waals surface area contributed by atoms with Crippen molar-refractivity contribution >= 4 is 11.0 Å². The number of H-pyrrole nitrogens is 1. The Balaban J connectivity index is 2.58. The van der Waals surface area contributed by atoms with Gasteiger partial charge in [-0.2, -0.15) is 0 Å². The smallest absolute Gasteiger partial charge is 0.121 e. The summed E-state index contributed by atoms with van der Waals surface area (Å²) in [5.41, 5.74) is 4.72. The molecule has 0 atom stereocenters. The highest BCUT2D eigenvalue weighted by molar-refractivity contribution is 5.79. The number of imidazole rings is 1. The summed E-state index contributed by atoms with van der Waals surface area (Å²) in [7, 11) is 1.92. The summed E-state index contributed by atoms with van der Waals surface area (Å²) in [6, 6.07) is 4.29. The Bertz CT molecular complexity index is 457. The second kappa shape index (κ2) is 3.42. The van der Waals surface area contributed by atoms with Crippen LogP contribution in [-0.2, 0) is 6.54 Å². The second-order valence-corrected chi connectivity index (χ2v) is 3.69. The first-order valence-electron chi connectivity index (χ1n) is 4.81. The second-order valence-electron chi connectivity index (χ2n) is 3.69. The first-order valence-corrected chi connectivity index (χ1v) is 4.81. The maximum absolute atomic E-state index is 4.53. The molecule has 0 fully saturated rings. The number of hydrogen-bond donors (Lipinski definition) is 2. The zero-order valence-electron chi connectivity index (χ0n) is 8.81. The number of rotatable bonds is 2. The van der Waals surface area contributed by atoms with E-state index in [0.29, 0.717) is 0 Å². The lowest BCUT2D eigenvalue weighted by Gasteiger charge is -1.96. The van der Waals surface area contributed by atoms with Gasteiger partial charge in [0.2, 0.25) is 0 Å². The topological polar surface area (TPSA) is 40.7 Å². The SMILES string of the molecule is CNCc1nc2c(C)cc(C)cc2[nH]1. The molecular formula is C11H15N3. The van der Waals surface area contributed by atoms with Crippen LogP contribution in [0.15, 0.2) is 12.1 Å². The molecule has 2 rings (SSSR count). The van der Waals surface area contributed by atoms with Gasteiger partial charge in [-0.25, -0.2) is 4.98 Å². The third-order valence-electron chi connectivity index (χ3n) is 2.31. The number of nitrogens with zero attached hydrogens (tertiary/aromatic N) is 1. The van der Waals surface area contributed by atoms with Crippen molar-refractivity contribution in [2.45, 2.75) is 20.4 Å². The molecule has 3 heteroatoms. The van der Waals surface area contributed by atoms with Crippen molar-refractivity contribution in [3.8, 4) is 0 Å². The van der Waals surface area contributed by atoms with E-state index in [-0.39, 0.29) is 0 Å². The molecule has 14 heavy (non-hydrogen) atoms. The highest BCUT2D eigenvalue weighted by Gasteiger charge is 2.04. The molecule has 0 amide bonds. The number of nitrogens with one attached hydrogen (secondary N) is 2. The Morgan fingerprint density at radius 1 is 1.36 bits per heavy atom. The maximum Gasteiger partial charge on any atom is 0.121 e. The van der Waals surface area contributed by atoms with Gasteiger partial charge in [-0.1, -0.05) is 6.07 Å². The normalized spacial score (nSPS) is 11.1. The Morgan fingerprint density at radius 3 is 2.86 bits per heavy atom. The van der Waals surface area contributed by atoms with Crippen LogP contribution in [0.4, 0.5) is 0 Å². The molecule has 1 heterocycles. The van der Waals surface area contributed by atoms with Crippen LogP contribution in [0.2, 0.25) is 0 Å². The summed E-state index contributed by atoms with van der Waals surface area (Å²) in [6.45, 7) is 4.98. The lowest BCUT2D eigenvalue weighted by atomic mass is 10.1. The van der Waals surface area contributed by atoms with Gasteiger partial charge >= 0.3 is 0 Å². The van der Waals surface area contributed by atoms with E-state index in [1.165, 1.54) is 11.1 Å². The number of aryl methyl sites for hydroxylation is 2. The van der Waals surface area contributed by atoms with E-state index in [1.807, 2.05) is 7.05 Å². The van der Waals surface area contributed by atoms with Crippen LogP contribution in [0.5, 0.6) is 0 Å². The van der Waals surface area contributed by atoms with Gasteiger partial charge in [0.1, 0.15) is 5.82 Å². The van der Waals surface area contributed by atoms with Gasteiger partial charge < -0.3 is 10.3 Å². The molecular weight excluding hydrogens is 174 g/mol. The summed E-state index contributed by atoms with van der Waals surface area (Å²) in [6.07, 6.45) is 0. The van der Waals surface area contributed by atoms with Crippen LogP contribution in [0.25, 0.3) is 11.0 Å². The number of hydrogen-bond acceptors (Lipinski definition) is 2. The van der Waals surface area contributed by atoms with Crippen molar-refractivity contribution in [3.05, 3.63) is 29.1 Å². The van der Waals surface area contributed by atoms with E-state index in [4.69, 9.17) is 0 Å². The Morgan fingerprint density at radius 2 is 2.14 bits per heavy atom.